The third kappa shape index (κ3) is 3.15. The van der Waals surface area contributed by atoms with E-state index in [-0.39, 0.29) is 11.7 Å². The SMILES string of the molecule is C=C(O)c1c(C(C)C)nc2c(c1-c1ccccc1)CC(C)CN2CC. The van der Waals surface area contributed by atoms with Gasteiger partial charge in [0, 0.05) is 29.8 Å². The summed E-state index contributed by atoms with van der Waals surface area (Å²) in [6.45, 7) is 14.5. The first-order valence-corrected chi connectivity index (χ1v) is 9.19. The minimum absolute atomic E-state index is 0.110. The molecular weight excluding hydrogens is 308 g/mol. The number of fused-ring (bicyclic) bond motifs is 1. The molecule has 2 heterocycles. The molecule has 0 saturated heterocycles. The highest BCUT2D eigenvalue weighted by atomic mass is 16.3. The zero-order valence-electron chi connectivity index (χ0n) is 15.7. The van der Waals surface area contributed by atoms with Gasteiger partial charge in [-0.3, -0.25) is 0 Å². The smallest absolute Gasteiger partial charge is 0.132 e. The van der Waals surface area contributed by atoms with E-state index in [0.29, 0.717) is 5.92 Å². The lowest BCUT2D eigenvalue weighted by atomic mass is 9.84. The van der Waals surface area contributed by atoms with Crippen LogP contribution in [-0.2, 0) is 6.42 Å². The molecule has 0 bridgehead atoms. The van der Waals surface area contributed by atoms with Crippen LogP contribution in [0.4, 0.5) is 5.82 Å². The van der Waals surface area contributed by atoms with Gasteiger partial charge in [0.25, 0.3) is 0 Å². The molecule has 2 aromatic rings. The van der Waals surface area contributed by atoms with Gasteiger partial charge in [-0.25, -0.2) is 4.98 Å². The van der Waals surface area contributed by atoms with Crippen molar-refractivity contribution >= 4 is 11.6 Å². The number of nitrogens with zero attached hydrogens (tertiary/aromatic N) is 2. The lowest BCUT2D eigenvalue weighted by Crippen LogP contribution is -2.36. The van der Waals surface area contributed by atoms with Crippen LogP contribution in [0.25, 0.3) is 16.9 Å². The molecule has 0 spiro atoms. The number of aliphatic hydroxyl groups excluding tert-OH is 1. The van der Waals surface area contributed by atoms with Crippen LogP contribution in [0.1, 0.15) is 50.4 Å². The molecule has 132 valence electrons. The summed E-state index contributed by atoms with van der Waals surface area (Å²) in [5.74, 6) is 1.96. The molecule has 0 fully saturated rings. The zero-order valence-corrected chi connectivity index (χ0v) is 15.7. The van der Waals surface area contributed by atoms with Gasteiger partial charge in [0.1, 0.15) is 11.6 Å². The van der Waals surface area contributed by atoms with Gasteiger partial charge in [0.2, 0.25) is 0 Å². The van der Waals surface area contributed by atoms with Crippen molar-refractivity contribution in [3.05, 3.63) is 53.7 Å². The van der Waals surface area contributed by atoms with E-state index in [1.165, 1.54) is 5.56 Å². The first-order valence-electron chi connectivity index (χ1n) is 9.19. The van der Waals surface area contributed by atoms with E-state index in [9.17, 15) is 5.11 Å². The standard InChI is InChI=1S/C22H28N2O/c1-6-24-13-15(4)12-18-20(17-10-8-7-9-11-17)19(16(5)25)21(14(2)3)23-22(18)24/h7-11,14-15,25H,5-6,12-13H2,1-4H3. The van der Waals surface area contributed by atoms with E-state index in [0.717, 1.165) is 47.7 Å². The fraction of sp³-hybridized carbons (Fsp3) is 0.409. The average Bonchev–Trinajstić information content (AvgIpc) is 2.59. The van der Waals surface area contributed by atoms with Crippen LogP contribution in [0.3, 0.4) is 0 Å². The topological polar surface area (TPSA) is 36.4 Å². The Labute approximate surface area is 151 Å². The molecule has 1 aliphatic rings. The molecule has 3 rings (SSSR count). The third-order valence-corrected chi connectivity index (χ3v) is 4.97. The zero-order chi connectivity index (χ0) is 18.1. The van der Waals surface area contributed by atoms with Crippen molar-refractivity contribution in [3.63, 3.8) is 0 Å². The molecule has 0 aliphatic carbocycles. The van der Waals surface area contributed by atoms with Gasteiger partial charge >= 0.3 is 0 Å². The predicted molar refractivity (Wildman–Crippen MR) is 106 cm³/mol. The number of aliphatic hydroxyl groups is 1. The van der Waals surface area contributed by atoms with Crippen LogP contribution in [0.15, 0.2) is 36.9 Å². The highest BCUT2D eigenvalue weighted by Gasteiger charge is 2.30. The molecule has 1 unspecified atom stereocenters. The summed E-state index contributed by atoms with van der Waals surface area (Å²) in [4.78, 5) is 7.38. The van der Waals surface area contributed by atoms with E-state index >= 15 is 0 Å². The Morgan fingerprint density at radius 2 is 2.00 bits per heavy atom. The van der Waals surface area contributed by atoms with Gasteiger partial charge in [0.15, 0.2) is 0 Å². The monoisotopic (exact) mass is 336 g/mol. The second-order valence-corrected chi connectivity index (χ2v) is 7.36. The van der Waals surface area contributed by atoms with Crippen molar-refractivity contribution in [1.82, 2.24) is 4.98 Å². The largest absolute Gasteiger partial charge is 0.508 e. The van der Waals surface area contributed by atoms with E-state index in [1.54, 1.807) is 0 Å². The lowest BCUT2D eigenvalue weighted by molar-refractivity contribution is 0.508. The molecule has 3 heteroatoms. The summed E-state index contributed by atoms with van der Waals surface area (Å²) in [5, 5.41) is 10.4. The second kappa shape index (κ2) is 6.91. The minimum atomic E-state index is 0.110. The van der Waals surface area contributed by atoms with E-state index in [1.807, 2.05) is 18.2 Å². The average molecular weight is 336 g/mol. The number of benzene rings is 1. The summed E-state index contributed by atoms with van der Waals surface area (Å²) in [6.07, 6.45) is 0.974. The molecular formula is C22H28N2O. The van der Waals surface area contributed by atoms with Gasteiger partial charge in [0.05, 0.1) is 5.69 Å². The molecule has 0 saturated carbocycles. The number of pyridine rings is 1. The number of aromatic nitrogens is 1. The highest BCUT2D eigenvalue weighted by Crippen LogP contribution is 2.42. The van der Waals surface area contributed by atoms with Crippen molar-refractivity contribution in [2.24, 2.45) is 5.92 Å². The van der Waals surface area contributed by atoms with Crippen LogP contribution in [0.2, 0.25) is 0 Å². The molecule has 0 amide bonds. The highest BCUT2D eigenvalue weighted by molar-refractivity contribution is 5.85. The molecule has 3 nitrogen and oxygen atoms in total. The maximum Gasteiger partial charge on any atom is 0.132 e. The maximum atomic E-state index is 10.4. The molecule has 1 N–H and O–H groups in total. The van der Waals surface area contributed by atoms with Crippen LogP contribution in [0.5, 0.6) is 0 Å². The Bertz CT molecular complexity index is 780. The van der Waals surface area contributed by atoms with Crippen LogP contribution >= 0.6 is 0 Å². The summed E-state index contributed by atoms with van der Waals surface area (Å²) in [5.41, 5.74) is 5.20. The van der Waals surface area contributed by atoms with Gasteiger partial charge in [-0.05, 0) is 30.7 Å². The number of rotatable bonds is 4. The summed E-state index contributed by atoms with van der Waals surface area (Å²) < 4.78 is 0. The summed E-state index contributed by atoms with van der Waals surface area (Å²) >= 11 is 0. The first kappa shape index (κ1) is 17.5. The fourth-order valence-corrected chi connectivity index (χ4v) is 3.87. The van der Waals surface area contributed by atoms with Crippen molar-refractivity contribution in [1.29, 1.82) is 0 Å². The molecule has 25 heavy (non-hydrogen) atoms. The summed E-state index contributed by atoms with van der Waals surface area (Å²) in [6, 6.07) is 10.3. The Balaban J connectivity index is 2.40. The van der Waals surface area contributed by atoms with Crippen LogP contribution in [-0.4, -0.2) is 23.2 Å². The van der Waals surface area contributed by atoms with E-state index in [4.69, 9.17) is 4.98 Å². The molecule has 1 aromatic carbocycles. The Morgan fingerprint density at radius 1 is 1.32 bits per heavy atom. The molecule has 1 aromatic heterocycles. The van der Waals surface area contributed by atoms with Crippen molar-refractivity contribution in [2.75, 3.05) is 18.0 Å². The number of anilines is 1. The second-order valence-electron chi connectivity index (χ2n) is 7.36. The van der Waals surface area contributed by atoms with Crippen LogP contribution in [0, 0.1) is 5.92 Å². The molecule has 1 atom stereocenters. The Kier molecular flexibility index (Phi) is 4.85. The van der Waals surface area contributed by atoms with Gasteiger partial charge in [-0.15, -0.1) is 0 Å². The lowest BCUT2D eigenvalue weighted by Gasteiger charge is -2.36. The minimum Gasteiger partial charge on any atom is -0.508 e. The fourth-order valence-electron chi connectivity index (χ4n) is 3.87. The predicted octanol–water partition coefficient (Wildman–Crippen LogP) is 5.42. The maximum absolute atomic E-state index is 10.4. The van der Waals surface area contributed by atoms with Crippen molar-refractivity contribution in [2.45, 2.75) is 40.0 Å². The quantitative estimate of drug-likeness (QED) is 0.757. The van der Waals surface area contributed by atoms with Gasteiger partial charge in [-0.2, -0.15) is 0 Å². The van der Waals surface area contributed by atoms with E-state index in [2.05, 4.69) is 51.3 Å². The first-order chi connectivity index (χ1) is 11.9. The molecule has 0 radical (unpaired) electrons. The van der Waals surface area contributed by atoms with Crippen molar-refractivity contribution < 1.29 is 5.11 Å². The van der Waals surface area contributed by atoms with Gasteiger partial charge in [-0.1, -0.05) is 57.7 Å². The van der Waals surface area contributed by atoms with Gasteiger partial charge < -0.3 is 10.0 Å². The van der Waals surface area contributed by atoms with Crippen LogP contribution < -0.4 is 4.90 Å². The Morgan fingerprint density at radius 3 is 2.56 bits per heavy atom. The Hall–Kier alpha value is -2.29. The number of hydrogen-bond donors (Lipinski definition) is 1. The third-order valence-electron chi connectivity index (χ3n) is 4.97. The number of hydrogen-bond acceptors (Lipinski definition) is 3. The normalized spacial score (nSPS) is 16.8. The molecule has 1 aliphatic heterocycles. The van der Waals surface area contributed by atoms with E-state index < -0.39 is 0 Å². The van der Waals surface area contributed by atoms with Crippen molar-refractivity contribution in [3.8, 4) is 11.1 Å². The summed E-state index contributed by atoms with van der Waals surface area (Å²) in [7, 11) is 0.